The number of carbonyl (C=O) groups is 2. The quantitative estimate of drug-likeness (QED) is 0.675. The highest BCUT2D eigenvalue weighted by Gasteiger charge is 2.23. The van der Waals surface area contributed by atoms with Crippen LogP contribution in [0.1, 0.15) is 26.3 Å². The Hall–Kier alpha value is -3.28. The number of aromatic nitrogens is 2. The van der Waals surface area contributed by atoms with Crippen molar-refractivity contribution in [2.45, 2.75) is 6.92 Å². The molecular weight excluding hydrogens is 333 g/mol. The van der Waals surface area contributed by atoms with Crippen LogP contribution in [-0.4, -0.2) is 29.0 Å². The van der Waals surface area contributed by atoms with Crippen LogP contribution in [0, 0.1) is 12.7 Å². The predicted octanol–water partition coefficient (Wildman–Crippen LogP) is 3.62. The van der Waals surface area contributed by atoms with E-state index in [9.17, 15) is 14.0 Å². The molecule has 0 bridgehead atoms. The van der Waals surface area contributed by atoms with E-state index in [0.717, 1.165) is 11.1 Å². The van der Waals surface area contributed by atoms with Crippen LogP contribution in [0.3, 0.4) is 0 Å². The Kier molecular flexibility index (Phi) is 4.67. The van der Waals surface area contributed by atoms with Gasteiger partial charge in [0.1, 0.15) is 11.6 Å². The van der Waals surface area contributed by atoms with Crippen LogP contribution in [0.2, 0.25) is 0 Å². The zero-order chi connectivity index (χ0) is 18.8. The van der Waals surface area contributed by atoms with Gasteiger partial charge in [0.2, 0.25) is 0 Å². The van der Waals surface area contributed by atoms with Crippen molar-refractivity contribution in [1.29, 1.82) is 0 Å². The molecule has 0 spiro atoms. The smallest absolute Gasteiger partial charge is 0.259 e. The molecule has 5 nitrogen and oxygen atoms in total. The lowest BCUT2D eigenvalue weighted by atomic mass is 10.1. The number of nitrogens with zero attached hydrogens (tertiary/aromatic N) is 3. The highest BCUT2D eigenvalue weighted by molar-refractivity contribution is 6.10. The monoisotopic (exact) mass is 351 g/mol. The fourth-order valence-corrected chi connectivity index (χ4v) is 3.04. The number of benzene rings is 2. The summed E-state index contributed by atoms with van der Waals surface area (Å²) in [7, 11) is 3.38. The number of hydrogen-bond donors (Lipinski definition) is 0. The second-order valence-electron chi connectivity index (χ2n) is 6.00. The van der Waals surface area contributed by atoms with Crippen molar-refractivity contribution >= 4 is 18.0 Å². The highest BCUT2D eigenvalue weighted by Crippen LogP contribution is 2.30. The number of rotatable bonds is 4. The first-order valence-corrected chi connectivity index (χ1v) is 8.06. The standard InChI is InChI=1S/C20H18FN3O2/c1-13-18(14-8-10-16(21)11-9-14)22-24(3)19(13)23(2)20(26)17-7-5-4-6-15(17)12-25/h4-12H,1-3H3. The third kappa shape index (κ3) is 3.01. The molecule has 132 valence electrons. The summed E-state index contributed by atoms with van der Waals surface area (Å²) in [6, 6.07) is 12.7. The largest absolute Gasteiger partial charge is 0.298 e. The van der Waals surface area contributed by atoms with Crippen LogP contribution in [0.4, 0.5) is 10.2 Å². The summed E-state index contributed by atoms with van der Waals surface area (Å²) in [4.78, 5) is 25.6. The minimum atomic E-state index is -0.319. The van der Waals surface area contributed by atoms with E-state index in [1.165, 1.54) is 17.0 Å². The van der Waals surface area contributed by atoms with Gasteiger partial charge in [0.15, 0.2) is 6.29 Å². The van der Waals surface area contributed by atoms with Crippen molar-refractivity contribution in [2.24, 2.45) is 7.05 Å². The lowest BCUT2D eigenvalue weighted by Gasteiger charge is -2.19. The molecule has 0 aliphatic carbocycles. The molecule has 1 heterocycles. The van der Waals surface area contributed by atoms with Crippen molar-refractivity contribution in [3.8, 4) is 11.3 Å². The van der Waals surface area contributed by atoms with E-state index in [2.05, 4.69) is 5.10 Å². The predicted molar refractivity (Wildman–Crippen MR) is 97.9 cm³/mol. The molecule has 26 heavy (non-hydrogen) atoms. The molecule has 2 aromatic carbocycles. The van der Waals surface area contributed by atoms with E-state index >= 15 is 0 Å². The molecule has 0 saturated heterocycles. The van der Waals surface area contributed by atoms with Gasteiger partial charge in [0.05, 0.1) is 11.3 Å². The van der Waals surface area contributed by atoms with Crippen LogP contribution >= 0.6 is 0 Å². The van der Waals surface area contributed by atoms with Crippen LogP contribution in [0.15, 0.2) is 48.5 Å². The molecule has 0 aliphatic heterocycles. The number of halogens is 1. The Bertz CT molecular complexity index is 977. The summed E-state index contributed by atoms with van der Waals surface area (Å²) in [6.45, 7) is 1.86. The van der Waals surface area contributed by atoms with E-state index in [1.54, 1.807) is 55.2 Å². The zero-order valence-electron chi connectivity index (χ0n) is 14.7. The summed E-state index contributed by atoms with van der Waals surface area (Å²) in [5.74, 6) is -0.0141. The average Bonchev–Trinajstić information content (AvgIpc) is 2.95. The SMILES string of the molecule is Cc1c(-c2ccc(F)cc2)nn(C)c1N(C)C(=O)c1ccccc1C=O. The van der Waals surface area contributed by atoms with Crippen molar-refractivity contribution in [3.05, 3.63) is 71.0 Å². The van der Waals surface area contributed by atoms with E-state index < -0.39 is 0 Å². The lowest BCUT2D eigenvalue weighted by molar-refractivity contribution is 0.0984. The summed E-state index contributed by atoms with van der Waals surface area (Å²) < 4.78 is 14.8. The number of anilines is 1. The molecule has 0 unspecified atom stereocenters. The minimum Gasteiger partial charge on any atom is -0.298 e. The second-order valence-corrected chi connectivity index (χ2v) is 6.00. The average molecular weight is 351 g/mol. The van der Waals surface area contributed by atoms with Gasteiger partial charge in [-0.05, 0) is 37.3 Å². The Labute approximate surface area is 150 Å². The molecule has 0 radical (unpaired) electrons. The molecule has 0 saturated carbocycles. The van der Waals surface area contributed by atoms with E-state index in [0.29, 0.717) is 28.9 Å². The van der Waals surface area contributed by atoms with Gasteiger partial charge < -0.3 is 0 Å². The Morgan fingerprint density at radius 3 is 2.46 bits per heavy atom. The third-order valence-corrected chi connectivity index (χ3v) is 4.31. The van der Waals surface area contributed by atoms with Crippen LogP contribution in [0.25, 0.3) is 11.3 Å². The molecule has 3 rings (SSSR count). The van der Waals surface area contributed by atoms with E-state index in [4.69, 9.17) is 0 Å². The first kappa shape index (κ1) is 17.5. The van der Waals surface area contributed by atoms with Crippen molar-refractivity contribution in [2.75, 3.05) is 11.9 Å². The maximum atomic E-state index is 13.2. The normalized spacial score (nSPS) is 10.6. The van der Waals surface area contributed by atoms with Gasteiger partial charge in [-0.15, -0.1) is 0 Å². The molecule has 1 amide bonds. The third-order valence-electron chi connectivity index (χ3n) is 4.31. The summed E-state index contributed by atoms with van der Waals surface area (Å²) in [5, 5.41) is 4.48. The van der Waals surface area contributed by atoms with Crippen molar-refractivity contribution in [3.63, 3.8) is 0 Å². The van der Waals surface area contributed by atoms with E-state index in [-0.39, 0.29) is 11.7 Å². The molecule has 6 heteroatoms. The van der Waals surface area contributed by atoms with Gasteiger partial charge in [0.25, 0.3) is 5.91 Å². The Balaban J connectivity index is 2.02. The summed E-state index contributed by atoms with van der Waals surface area (Å²) in [5.41, 5.74) is 2.89. The van der Waals surface area contributed by atoms with Crippen LogP contribution in [0.5, 0.6) is 0 Å². The molecule has 0 fully saturated rings. The molecule has 1 aromatic heterocycles. The zero-order valence-corrected chi connectivity index (χ0v) is 14.7. The first-order chi connectivity index (χ1) is 12.4. The topological polar surface area (TPSA) is 55.2 Å². The van der Waals surface area contributed by atoms with Gasteiger partial charge in [0, 0.05) is 30.8 Å². The van der Waals surface area contributed by atoms with Crippen molar-refractivity contribution in [1.82, 2.24) is 9.78 Å². The molecule has 0 atom stereocenters. The first-order valence-electron chi connectivity index (χ1n) is 8.06. The van der Waals surface area contributed by atoms with Gasteiger partial charge in [-0.3, -0.25) is 19.2 Å². The molecule has 0 aliphatic rings. The van der Waals surface area contributed by atoms with Gasteiger partial charge in [-0.25, -0.2) is 4.39 Å². The van der Waals surface area contributed by atoms with Crippen LogP contribution < -0.4 is 4.90 Å². The molecule has 0 N–H and O–H groups in total. The number of aryl methyl sites for hydroxylation is 1. The fourth-order valence-electron chi connectivity index (χ4n) is 3.04. The lowest BCUT2D eigenvalue weighted by Crippen LogP contribution is -2.29. The Morgan fingerprint density at radius 2 is 1.81 bits per heavy atom. The fraction of sp³-hybridized carbons (Fsp3) is 0.150. The second kappa shape index (κ2) is 6.92. The van der Waals surface area contributed by atoms with Gasteiger partial charge >= 0.3 is 0 Å². The van der Waals surface area contributed by atoms with Gasteiger partial charge in [-0.1, -0.05) is 18.2 Å². The number of hydrogen-bond acceptors (Lipinski definition) is 3. The number of aldehydes is 1. The van der Waals surface area contributed by atoms with Crippen LogP contribution in [-0.2, 0) is 7.05 Å². The molecular formula is C20H18FN3O2. The maximum Gasteiger partial charge on any atom is 0.259 e. The summed E-state index contributed by atoms with van der Waals surface area (Å²) in [6.07, 6.45) is 0.668. The highest BCUT2D eigenvalue weighted by atomic mass is 19.1. The van der Waals surface area contributed by atoms with Crippen molar-refractivity contribution < 1.29 is 14.0 Å². The Morgan fingerprint density at radius 1 is 1.15 bits per heavy atom. The minimum absolute atomic E-state index is 0.301. The number of amides is 1. The molecule has 3 aromatic rings. The van der Waals surface area contributed by atoms with E-state index in [1.807, 2.05) is 6.92 Å². The number of carbonyl (C=O) groups excluding carboxylic acids is 2. The van der Waals surface area contributed by atoms with Gasteiger partial charge in [-0.2, -0.15) is 5.10 Å². The maximum absolute atomic E-state index is 13.2. The summed E-state index contributed by atoms with van der Waals surface area (Å²) >= 11 is 0.